The lowest BCUT2D eigenvalue weighted by atomic mass is 9.88. The molecule has 1 N–H and O–H groups in total. The first kappa shape index (κ1) is 17.6. The summed E-state index contributed by atoms with van der Waals surface area (Å²) in [5.41, 5.74) is 2.60. The number of carboxylic acid groups (broad SMARTS) is 1. The molecule has 0 bridgehead atoms. The minimum absolute atomic E-state index is 0.256. The summed E-state index contributed by atoms with van der Waals surface area (Å²) < 4.78 is 5.72. The van der Waals surface area contributed by atoms with E-state index in [-0.39, 0.29) is 6.10 Å². The molecule has 4 nitrogen and oxygen atoms in total. The van der Waals surface area contributed by atoms with Gasteiger partial charge in [0.25, 0.3) is 0 Å². The van der Waals surface area contributed by atoms with Crippen molar-refractivity contribution in [3.8, 4) is 0 Å². The lowest BCUT2D eigenvalue weighted by Crippen LogP contribution is -2.44. The largest absolute Gasteiger partial charge is 0.478 e. The van der Waals surface area contributed by atoms with Gasteiger partial charge in [0.15, 0.2) is 0 Å². The van der Waals surface area contributed by atoms with E-state index in [1.54, 1.807) is 19.2 Å². The fourth-order valence-corrected chi connectivity index (χ4v) is 3.76. The summed E-state index contributed by atoms with van der Waals surface area (Å²) >= 11 is 0. The van der Waals surface area contributed by atoms with Crippen LogP contribution in [0.1, 0.15) is 27.9 Å². The highest BCUT2D eigenvalue weighted by Crippen LogP contribution is 2.25. The fraction of sp³-hybridized carbons (Fsp3) is 0.381. The van der Waals surface area contributed by atoms with Gasteiger partial charge in [0.1, 0.15) is 0 Å². The molecule has 0 spiro atoms. The number of aromatic carboxylic acids is 1. The molecule has 1 aliphatic heterocycles. The molecule has 2 aromatic rings. The molecular weight excluding hydrogens is 314 g/mol. The van der Waals surface area contributed by atoms with Gasteiger partial charge in [0, 0.05) is 32.7 Å². The van der Waals surface area contributed by atoms with Crippen molar-refractivity contribution in [3.63, 3.8) is 0 Å². The number of likely N-dealkylation sites (tertiary alicyclic amines) is 1. The number of piperidine rings is 1. The van der Waals surface area contributed by atoms with Crippen molar-refractivity contribution in [1.29, 1.82) is 0 Å². The van der Waals surface area contributed by atoms with E-state index in [0.29, 0.717) is 18.0 Å². The first-order chi connectivity index (χ1) is 12.2. The summed E-state index contributed by atoms with van der Waals surface area (Å²) in [7, 11) is 1.79. The monoisotopic (exact) mass is 339 g/mol. The second-order valence-electron chi connectivity index (χ2n) is 6.71. The van der Waals surface area contributed by atoms with Crippen molar-refractivity contribution in [1.82, 2.24) is 4.90 Å². The molecule has 2 aromatic carbocycles. The minimum atomic E-state index is -0.858. The Bertz CT molecular complexity index is 701. The molecule has 0 radical (unpaired) electrons. The van der Waals surface area contributed by atoms with E-state index in [0.717, 1.165) is 31.5 Å². The normalized spacial score (nSPS) is 21.2. The van der Waals surface area contributed by atoms with Crippen molar-refractivity contribution in [2.45, 2.75) is 25.5 Å². The number of ether oxygens (including phenoxy) is 1. The van der Waals surface area contributed by atoms with E-state index in [1.165, 1.54) is 5.56 Å². The van der Waals surface area contributed by atoms with Gasteiger partial charge in [0.2, 0.25) is 0 Å². The van der Waals surface area contributed by atoms with Crippen molar-refractivity contribution in [2.24, 2.45) is 5.92 Å². The molecular formula is C21H25NO3. The molecule has 1 aliphatic rings. The fourth-order valence-electron chi connectivity index (χ4n) is 3.76. The highest BCUT2D eigenvalue weighted by Gasteiger charge is 2.29. The maximum atomic E-state index is 11.4. The van der Waals surface area contributed by atoms with Gasteiger partial charge in [-0.15, -0.1) is 0 Å². The van der Waals surface area contributed by atoms with Crippen LogP contribution in [0.25, 0.3) is 0 Å². The number of benzene rings is 2. The molecule has 2 atom stereocenters. The lowest BCUT2D eigenvalue weighted by molar-refractivity contribution is -0.00857. The Labute approximate surface area is 149 Å². The number of nitrogens with zero attached hydrogens (tertiary/aromatic N) is 1. The number of hydrogen-bond acceptors (Lipinski definition) is 3. The van der Waals surface area contributed by atoms with E-state index in [2.05, 4.69) is 29.2 Å². The van der Waals surface area contributed by atoms with Crippen LogP contribution in [0, 0.1) is 5.92 Å². The third-order valence-electron chi connectivity index (χ3n) is 5.03. The van der Waals surface area contributed by atoms with E-state index in [4.69, 9.17) is 4.74 Å². The van der Waals surface area contributed by atoms with Crippen LogP contribution in [-0.2, 0) is 17.7 Å². The molecule has 0 saturated carbocycles. The van der Waals surface area contributed by atoms with Crippen LogP contribution in [0.5, 0.6) is 0 Å². The Morgan fingerprint density at radius 2 is 1.88 bits per heavy atom. The van der Waals surface area contributed by atoms with E-state index >= 15 is 0 Å². The van der Waals surface area contributed by atoms with Crippen LogP contribution < -0.4 is 0 Å². The molecule has 1 saturated heterocycles. The lowest BCUT2D eigenvalue weighted by Gasteiger charge is -2.38. The van der Waals surface area contributed by atoms with Gasteiger partial charge >= 0.3 is 5.97 Å². The standard InChI is InChI=1S/C21H25NO3/c1-25-20-11-12-22(14-17-9-5-6-10-19(17)21(23)24)15-18(20)13-16-7-3-2-4-8-16/h2-10,18,20H,11-15H2,1H3,(H,23,24)/t18-,20-/m1/s1. The Morgan fingerprint density at radius 1 is 1.16 bits per heavy atom. The second-order valence-corrected chi connectivity index (χ2v) is 6.71. The number of methoxy groups -OCH3 is 1. The van der Waals surface area contributed by atoms with Gasteiger partial charge in [-0.2, -0.15) is 0 Å². The SMILES string of the molecule is CO[C@@H]1CCN(Cc2ccccc2C(=O)O)C[C@H]1Cc1ccccc1. The predicted octanol–water partition coefficient (Wildman–Crippen LogP) is 3.46. The average molecular weight is 339 g/mol. The van der Waals surface area contributed by atoms with Crippen LogP contribution >= 0.6 is 0 Å². The van der Waals surface area contributed by atoms with Crippen LogP contribution in [0.15, 0.2) is 54.6 Å². The summed E-state index contributed by atoms with van der Waals surface area (Å²) in [6, 6.07) is 17.8. The predicted molar refractivity (Wildman–Crippen MR) is 97.7 cm³/mol. The maximum absolute atomic E-state index is 11.4. The third-order valence-corrected chi connectivity index (χ3v) is 5.03. The van der Waals surface area contributed by atoms with Crippen molar-refractivity contribution < 1.29 is 14.6 Å². The zero-order chi connectivity index (χ0) is 17.6. The number of carboxylic acids is 1. The van der Waals surface area contributed by atoms with E-state index < -0.39 is 5.97 Å². The molecule has 3 rings (SSSR count). The van der Waals surface area contributed by atoms with Gasteiger partial charge in [-0.25, -0.2) is 4.79 Å². The summed E-state index contributed by atoms with van der Waals surface area (Å²) in [4.78, 5) is 13.8. The molecule has 0 unspecified atom stereocenters. The zero-order valence-electron chi connectivity index (χ0n) is 14.6. The smallest absolute Gasteiger partial charge is 0.336 e. The Kier molecular flexibility index (Phi) is 5.84. The Balaban J connectivity index is 1.71. The highest BCUT2D eigenvalue weighted by atomic mass is 16.5. The Hall–Kier alpha value is -2.17. The van der Waals surface area contributed by atoms with Crippen molar-refractivity contribution in [3.05, 3.63) is 71.3 Å². The first-order valence-electron chi connectivity index (χ1n) is 8.77. The second kappa shape index (κ2) is 8.28. The van der Waals surface area contributed by atoms with Crippen molar-refractivity contribution in [2.75, 3.05) is 20.2 Å². The summed E-state index contributed by atoms with van der Waals surface area (Å²) in [6.07, 6.45) is 2.21. The molecule has 0 amide bonds. The summed E-state index contributed by atoms with van der Waals surface area (Å²) in [5.74, 6) is -0.443. The molecule has 1 fully saturated rings. The van der Waals surface area contributed by atoms with E-state index in [1.807, 2.05) is 18.2 Å². The van der Waals surface area contributed by atoms with Crippen molar-refractivity contribution >= 4 is 5.97 Å². The van der Waals surface area contributed by atoms with Gasteiger partial charge in [-0.3, -0.25) is 4.90 Å². The number of carbonyl (C=O) groups is 1. The molecule has 0 aromatic heterocycles. The first-order valence-corrected chi connectivity index (χ1v) is 8.77. The number of rotatable bonds is 6. The van der Waals surface area contributed by atoms with Crippen LogP contribution in [0.3, 0.4) is 0 Å². The summed E-state index contributed by atoms with van der Waals surface area (Å²) in [5, 5.41) is 9.38. The maximum Gasteiger partial charge on any atom is 0.336 e. The molecule has 25 heavy (non-hydrogen) atoms. The van der Waals surface area contributed by atoms with Crippen LogP contribution in [0.4, 0.5) is 0 Å². The molecule has 1 heterocycles. The van der Waals surface area contributed by atoms with Gasteiger partial charge in [0.05, 0.1) is 11.7 Å². The van der Waals surface area contributed by atoms with Crippen LogP contribution in [0.2, 0.25) is 0 Å². The minimum Gasteiger partial charge on any atom is -0.478 e. The highest BCUT2D eigenvalue weighted by molar-refractivity contribution is 5.89. The molecule has 4 heteroatoms. The van der Waals surface area contributed by atoms with Gasteiger partial charge in [-0.05, 0) is 30.0 Å². The topological polar surface area (TPSA) is 49.8 Å². The van der Waals surface area contributed by atoms with E-state index in [9.17, 15) is 9.90 Å². The zero-order valence-corrected chi connectivity index (χ0v) is 14.6. The molecule has 0 aliphatic carbocycles. The molecule has 132 valence electrons. The third kappa shape index (κ3) is 4.47. The van der Waals surface area contributed by atoms with Crippen LogP contribution in [-0.4, -0.2) is 42.3 Å². The number of hydrogen-bond donors (Lipinski definition) is 1. The Morgan fingerprint density at radius 3 is 2.60 bits per heavy atom. The van der Waals surface area contributed by atoms with Gasteiger partial charge < -0.3 is 9.84 Å². The summed E-state index contributed by atoms with van der Waals surface area (Å²) in [6.45, 7) is 2.52. The average Bonchev–Trinajstić information content (AvgIpc) is 2.63. The van der Waals surface area contributed by atoms with Gasteiger partial charge in [-0.1, -0.05) is 48.5 Å². The quantitative estimate of drug-likeness (QED) is 0.875.